The summed E-state index contributed by atoms with van der Waals surface area (Å²) in [6.45, 7) is 2.19. The summed E-state index contributed by atoms with van der Waals surface area (Å²) in [7, 11) is 0. The van der Waals surface area contributed by atoms with Gasteiger partial charge in [-0.2, -0.15) is 0 Å². The third-order valence-corrected chi connectivity index (χ3v) is 5.19. The summed E-state index contributed by atoms with van der Waals surface area (Å²) in [5, 5.41) is 9.72. The van der Waals surface area contributed by atoms with E-state index in [9.17, 15) is 9.90 Å². The molecule has 2 rings (SSSR count). The van der Waals surface area contributed by atoms with Gasteiger partial charge in [0.1, 0.15) is 0 Å². The standard InChI is InChI=1S/C19H28O2/c1-2-16-12-8-14-19(15-16,18(20)21)13-7-6-11-17-9-4-3-5-10-17/h3-5,9-10,16H,2,6-8,11-15H2,1H3,(H,20,21). The number of hydrogen-bond acceptors (Lipinski definition) is 1. The SMILES string of the molecule is CCC1CCCC(CCCCc2ccccc2)(C(=O)O)C1. The van der Waals surface area contributed by atoms with E-state index in [1.807, 2.05) is 6.07 Å². The highest BCUT2D eigenvalue weighted by Gasteiger charge is 2.41. The number of hydrogen-bond donors (Lipinski definition) is 1. The second-order valence-corrected chi connectivity index (χ2v) is 6.65. The molecular weight excluding hydrogens is 260 g/mol. The maximum absolute atomic E-state index is 11.8. The molecule has 0 heterocycles. The Kier molecular flexibility index (Phi) is 5.84. The minimum atomic E-state index is -0.555. The molecule has 1 aromatic carbocycles. The van der Waals surface area contributed by atoms with Crippen molar-refractivity contribution in [2.75, 3.05) is 0 Å². The maximum atomic E-state index is 11.8. The molecule has 1 fully saturated rings. The molecule has 2 atom stereocenters. The number of rotatable bonds is 7. The van der Waals surface area contributed by atoms with Gasteiger partial charge in [0.05, 0.1) is 5.41 Å². The molecule has 1 aliphatic rings. The zero-order valence-corrected chi connectivity index (χ0v) is 13.2. The molecule has 0 spiro atoms. The number of aliphatic carboxylic acids is 1. The summed E-state index contributed by atoms with van der Waals surface area (Å²) in [6, 6.07) is 10.5. The summed E-state index contributed by atoms with van der Waals surface area (Å²) in [5.74, 6) is 0.0596. The average Bonchev–Trinajstić information content (AvgIpc) is 2.52. The Balaban J connectivity index is 1.84. The van der Waals surface area contributed by atoms with Gasteiger partial charge in [0.25, 0.3) is 0 Å². The van der Waals surface area contributed by atoms with Gasteiger partial charge < -0.3 is 5.11 Å². The molecule has 1 aliphatic carbocycles. The summed E-state index contributed by atoms with van der Waals surface area (Å²) in [4.78, 5) is 11.8. The van der Waals surface area contributed by atoms with E-state index < -0.39 is 11.4 Å². The first-order valence-corrected chi connectivity index (χ1v) is 8.43. The van der Waals surface area contributed by atoms with Crippen LogP contribution in [0.3, 0.4) is 0 Å². The van der Waals surface area contributed by atoms with Crippen molar-refractivity contribution in [3.63, 3.8) is 0 Å². The lowest BCUT2D eigenvalue weighted by molar-refractivity contribution is -0.153. The Morgan fingerprint density at radius 1 is 1.29 bits per heavy atom. The number of aryl methyl sites for hydroxylation is 1. The molecule has 1 aromatic rings. The molecule has 0 bridgehead atoms. The Morgan fingerprint density at radius 2 is 2.05 bits per heavy atom. The number of unbranched alkanes of at least 4 members (excludes halogenated alkanes) is 1. The van der Waals surface area contributed by atoms with E-state index in [0.29, 0.717) is 5.92 Å². The molecule has 0 saturated heterocycles. The number of carboxylic acid groups (broad SMARTS) is 1. The van der Waals surface area contributed by atoms with E-state index in [1.165, 1.54) is 12.0 Å². The fourth-order valence-electron chi connectivity index (χ4n) is 3.80. The van der Waals surface area contributed by atoms with Crippen LogP contribution in [0.15, 0.2) is 30.3 Å². The molecule has 1 N–H and O–H groups in total. The lowest BCUT2D eigenvalue weighted by Gasteiger charge is -2.37. The van der Waals surface area contributed by atoms with Gasteiger partial charge in [-0.3, -0.25) is 4.79 Å². The fourth-order valence-corrected chi connectivity index (χ4v) is 3.80. The van der Waals surface area contributed by atoms with Crippen molar-refractivity contribution in [2.45, 2.75) is 64.7 Å². The largest absolute Gasteiger partial charge is 0.481 e. The van der Waals surface area contributed by atoms with Crippen molar-refractivity contribution in [1.82, 2.24) is 0 Å². The normalized spacial score (nSPS) is 25.7. The lowest BCUT2D eigenvalue weighted by atomic mass is 9.66. The molecule has 0 aromatic heterocycles. The van der Waals surface area contributed by atoms with Crippen molar-refractivity contribution in [3.05, 3.63) is 35.9 Å². The summed E-state index contributed by atoms with van der Waals surface area (Å²) >= 11 is 0. The van der Waals surface area contributed by atoms with Gasteiger partial charge in [-0.1, -0.05) is 62.9 Å². The average molecular weight is 288 g/mol. The minimum absolute atomic E-state index is 0.435. The van der Waals surface area contributed by atoms with Gasteiger partial charge in [0.15, 0.2) is 0 Å². The van der Waals surface area contributed by atoms with E-state index in [1.54, 1.807) is 0 Å². The Labute approximate surface area is 128 Å². The molecule has 2 heteroatoms. The van der Waals surface area contributed by atoms with Gasteiger partial charge in [0, 0.05) is 0 Å². The van der Waals surface area contributed by atoms with Crippen LogP contribution >= 0.6 is 0 Å². The van der Waals surface area contributed by atoms with E-state index >= 15 is 0 Å². The molecule has 0 radical (unpaired) electrons. The van der Waals surface area contributed by atoms with Gasteiger partial charge in [-0.25, -0.2) is 0 Å². The third-order valence-electron chi connectivity index (χ3n) is 5.19. The highest BCUT2D eigenvalue weighted by molar-refractivity contribution is 5.74. The number of carbonyl (C=O) groups is 1. The van der Waals surface area contributed by atoms with Crippen LogP contribution in [0.1, 0.15) is 63.9 Å². The monoisotopic (exact) mass is 288 g/mol. The first-order chi connectivity index (χ1) is 10.2. The van der Waals surface area contributed by atoms with Crippen molar-refractivity contribution in [1.29, 1.82) is 0 Å². The van der Waals surface area contributed by atoms with Crippen molar-refractivity contribution in [3.8, 4) is 0 Å². The molecule has 1 saturated carbocycles. The van der Waals surface area contributed by atoms with Crippen LogP contribution in [-0.4, -0.2) is 11.1 Å². The topological polar surface area (TPSA) is 37.3 Å². The predicted molar refractivity (Wildman–Crippen MR) is 86.3 cm³/mol. The van der Waals surface area contributed by atoms with E-state index in [0.717, 1.165) is 51.4 Å². The molecular formula is C19H28O2. The van der Waals surface area contributed by atoms with Gasteiger partial charge in [-0.15, -0.1) is 0 Å². The number of carboxylic acids is 1. The number of benzene rings is 1. The van der Waals surface area contributed by atoms with Gasteiger partial charge >= 0.3 is 5.97 Å². The van der Waals surface area contributed by atoms with Crippen LogP contribution in [0, 0.1) is 11.3 Å². The first kappa shape index (κ1) is 16.1. The Bertz CT molecular complexity index is 440. The summed E-state index contributed by atoms with van der Waals surface area (Å²) in [5.41, 5.74) is 0.923. The lowest BCUT2D eigenvalue weighted by Crippen LogP contribution is -2.36. The Hall–Kier alpha value is -1.31. The van der Waals surface area contributed by atoms with Crippen molar-refractivity contribution in [2.24, 2.45) is 11.3 Å². The van der Waals surface area contributed by atoms with E-state index in [4.69, 9.17) is 0 Å². The highest BCUT2D eigenvalue weighted by atomic mass is 16.4. The minimum Gasteiger partial charge on any atom is -0.481 e. The van der Waals surface area contributed by atoms with Crippen LogP contribution in [0.2, 0.25) is 0 Å². The summed E-state index contributed by atoms with van der Waals surface area (Å²) < 4.78 is 0. The summed E-state index contributed by atoms with van der Waals surface area (Å²) in [6.07, 6.45) is 9.24. The van der Waals surface area contributed by atoms with Crippen LogP contribution < -0.4 is 0 Å². The molecule has 2 unspecified atom stereocenters. The predicted octanol–water partition coefficient (Wildman–Crippen LogP) is 5.07. The molecule has 0 aliphatic heterocycles. The van der Waals surface area contributed by atoms with E-state index in [-0.39, 0.29) is 0 Å². The van der Waals surface area contributed by atoms with Gasteiger partial charge in [0.2, 0.25) is 0 Å². The molecule has 21 heavy (non-hydrogen) atoms. The zero-order chi connectivity index (χ0) is 15.1. The van der Waals surface area contributed by atoms with Crippen LogP contribution in [0.25, 0.3) is 0 Å². The maximum Gasteiger partial charge on any atom is 0.309 e. The van der Waals surface area contributed by atoms with Crippen LogP contribution in [0.4, 0.5) is 0 Å². The smallest absolute Gasteiger partial charge is 0.309 e. The van der Waals surface area contributed by atoms with Crippen LogP contribution in [-0.2, 0) is 11.2 Å². The van der Waals surface area contributed by atoms with Gasteiger partial charge in [-0.05, 0) is 43.6 Å². The highest BCUT2D eigenvalue weighted by Crippen LogP contribution is 2.44. The zero-order valence-electron chi connectivity index (χ0n) is 13.2. The fraction of sp³-hybridized carbons (Fsp3) is 0.632. The second kappa shape index (κ2) is 7.63. The van der Waals surface area contributed by atoms with Crippen LogP contribution in [0.5, 0.6) is 0 Å². The van der Waals surface area contributed by atoms with Crippen molar-refractivity contribution >= 4 is 5.97 Å². The third kappa shape index (κ3) is 4.33. The first-order valence-electron chi connectivity index (χ1n) is 8.43. The van der Waals surface area contributed by atoms with E-state index in [2.05, 4.69) is 31.2 Å². The Morgan fingerprint density at radius 3 is 2.71 bits per heavy atom. The molecule has 2 nitrogen and oxygen atoms in total. The van der Waals surface area contributed by atoms with Crippen molar-refractivity contribution < 1.29 is 9.90 Å². The second-order valence-electron chi connectivity index (χ2n) is 6.65. The quantitative estimate of drug-likeness (QED) is 0.711. The molecule has 0 amide bonds. The molecule has 116 valence electrons.